The van der Waals surface area contributed by atoms with Gasteiger partial charge in [0, 0.05) is 12.8 Å². The highest BCUT2D eigenvalue weighted by Gasteiger charge is 2.20. The van der Waals surface area contributed by atoms with Crippen molar-refractivity contribution in [3.63, 3.8) is 0 Å². The van der Waals surface area contributed by atoms with E-state index in [-0.39, 0.29) is 17.7 Å². The van der Waals surface area contributed by atoms with Crippen molar-refractivity contribution in [3.8, 4) is 0 Å². The van der Waals surface area contributed by atoms with Crippen molar-refractivity contribution in [1.82, 2.24) is 0 Å². The molecule has 0 aromatic carbocycles. The van der Waals surface area contributed by atoms with E-state index in [9.17, 15) is 14.7 Å². The van der Waals surface area contributed by atoms with Gasteiger partial charge in [0.1, 0.15) is 6.10 Å². The Morgan fingerprint density at radius 2 is 1.89 bits per heavy atom. The average Bonchev–Trinajstić information content (AvgIpc) is 2.33. The van der Waals surface area contributed by atoms with E-state index >= 15 is 0 Å². The minimum Gasteiger partial charge on any atom is -0.469 e. The molecule has 2 atom stereocenters. The van der Waals surface area contributed by atoms with Crippen LogP contribution in [0.25, 0.3) is 0 Å². The van der Waals surface area contributed by atoms with Gasteiger partial charge < -0.3 is 9.84 Å². The molecule has 0 amide bonds. The number of hydrogen-bond donors (Lipinski definition) is 1. The van der Waals surface area contributed by atoms with E-state index in [2.05, 4.69) is 18.6 Å². The first-order valence-corrected chi connectivity index (χ1v) is 6.68. The summed E-state index contributed by atoms with van der Waals surface area (Å²) >= 11 is 0. The average molecular weight is 258 g/mol. The van der Waals surface area contributed by atoms with E-state index in [1.54, 1.807) is 6.92 Å². The maximum Gasteiger partial charge on any atom is 0.305 e. The summed E-state index contributed by atoms with van der Waals surface area (Å²) in [6.07, 6.45) is 1.81. The van der Waals surface area contributed by atoms with Gasteiger partial charge in [-0.15, -0.1) is 0 Å². The number of carbonyl (C=O) groups is 2. The Morgan fingerprint density at radius 3 is 2.33 bits per heavy atom. The number of esters is 1. The number of Topliss-reactive ketones (excluding diaryl/α,β-unsaturated/α-hetero) is 1. The lowest BCUT2D eigenvalue weighted by Gasteiger charge is -2.19. The normalized spacial score (nSPS) is 14.3. The maximum atomic E-state index is 11.7. The fourth-order valence-corrected chi connectivity index (χ4v) is 2.04. The summed E-state index contributed by atoms with van der Waals surface area (Å²) in [6, 6.07) is 0. The lowest BCUT2D eigenvalue weighted by Crippen LogP contribution is -2.23. The number of ether oxygens (including phenoxy) is 1. The van der Waals surface area contributed by atoms with Crippen LogP contribution in [-0.4, -0.2) is 30.1 Å². The molecular formula is C14H26O4. The van der Waals surface area contributed by atoms with Crippen LogP contribution in [0.3, 0.4) is 0 Å². The Labute approximate surface area is 110 Å². The third kappa shape index (κ3) is 7.43. The Hall–Kier alpha value is -0.900. The van der Waals surface area contributed by atoms with E-state index < -0.39 is 6.10 Å². The molecule has 4 heteroatoms. The summed E-state index contributed by atoms with van der Waals surface area (Å²) in [6.45, 7) is 5.96. The number of aliphatic hydroxyl groups excluding tert-OH is 1. The fourth-order valence-electron chi connectivity index (χ4n) is 2.04. The summed E-state index contributed by atoms with van der Waals surface area (Å²) in [5.74, 6) is 0.261. The van der Waals surface area contributed by atoms with Gasteiger partial charge in [0.15, 0.2) is 5.78 Å². The van der Waals surface area contributed by atoms with Gasteiger partial charge in [0.25, 0.3) is 0 Å². The van der Waals surface area contributed by atoms with Crippen LogP contribution in [0.1, 0.15) is 52.9 Å². The molecule has 0 radical (unpaired) electrons. The monoisotopic (exact) mass is 258 g/mol. The zero-order valence-electron chi connectivity index (χ0n) is 11.9. The molecule has 0 aliphatic carbocycles. The van der Waals surface area contributed by atoms with Crippen LogP contribution in [0.2, 0.25) is 0 Å². The molecule has 0 saturated carbocycles. The standard InChI is InChI=1S/C14H26O4/c1-5-12(15)13(16)9-11(8-10(2)3)6-7-14(17)18-4/h10-12,15H,5-9H2,1-4H3/t11-,12?/m1/s1. The zero-order valence-corrected chi connectivity index (χ0v) is 11.9. The molecule has 0 saturated heterocycles. The van der Waals surface area contributed by atoms with Crippen molar-refractivity contribution in [2.75, 3.05) is 7.11 Å². The third-order valence-corrected chi connectivity index (χ3v) is 3.04. The topological polar surface area (TPSA) is 63.6 Å². The Bertz CT molecular complexity index is 261. The first-order chi connectivity index (χ1) is 8.40. The lowest BCUT2D eigenvalue weighted by atomic mass is 9.87. The Kier molecular flexibility index (Phi) is 8.63. The van der Waals surface area contributed by atoms with Gasteiger partial charge >= 0.3 is 5.97 Å². The van der Waals surface area contributed by atoms with Crippen molar-refractivity contribution >= 4 is 11.8 Å². The number of carbonyl (C=O) groups excluding carboxylic acids is 2. The third-order valence-electron chi connectivity index (χ3n) is 3.04. The Balaban J connectivity index is 4.30. The van der Waals surface area contributed by atoms with Gasteiger partial charge in [0.05, 0.1) is 7.11 Å². The highest BCUT2D eigenvalue weighted by atomic mass is 16.5. The number of hydrogen-bond acceptors (Lipinski definition) is 4. The van der Waals surface area contributed by atoms with Crippen molar-refractivity contribution in [2.45, 2.75) is 59.0 Å². The van der Waals surface area contributed by atoms with Gasteiger partial charge in [-0.05, 0) is 31.1 Å². The predicted octanol–water partition coefficient (Wildman–Crippen LogP) is 2.33. The second-order valence-corrected chi connectivity index (χ2v) is 5.20. The molecule has 1 unspecified atom stereocenters. The van der Waals surface area contributed by atoms with Crippen LogP contribution >= 0.6 is 0 Å². The number of methoxy groups -OCH3 is 1. The van der Waals surface area contributed by atoms with Crippen molar-refractivity contribution in [1.29, 1.82) is 0 Å². The molecule has 0 aromatic heterocycles. The minimum atomic E-state index is -0.863. The van der Waals surface area contributed by atoms with Crippen LogP contribution in [0.15, 0.2) is 0 Å². The summed E-state index contributed by atoms with van der Waals surface area (Å²) in [7, 11) is 1.37. The molecule has 1 N–H and O–H groups in total. The SMILES string of the molecule is CCC(O)C(=O)C[C@H](CCC(=O)OC)CC(C)C. The van der Waals surface area contributed by atoms with Crippen molar-refractivity contribution < 1.29 is 19.4 Å². The molecular weight excluding hydrogens is 232 g/mol. The molecule has 0 fully saturated rings. The predicted molar refractivity (Wildman–Crippen MR) is 70.1 cm³/mol. The van der Waals surface area contributed by atoms with Crippen LogP contribution in [0, 0.1) is 11.8 Å². The molecule has 0 heterocycles. The van der Waals surface area contributed by atoms with E-state index in [0.29, 0.717) is 31.6 Å². The molecule has 0 bridgehead atoms. The maximum absolute atomic E-state index is 11.7. The summed E-state index contributed by atoms with van der Waals surface area (Å²) in [5.41, 5.74) is 0. The van der Waals surface area contributed by atoms with Gasteiger partial charge in [-0.25, -0.2) is 0 Å². The fraction of sp³-hybridized carbons (Fsp3) is 0.857. The van der Waals surface area contributed by atoms with Gasteiger partial charge in [0.2, 0.25) is 0 Å². The first kappa shape index (κ1) is 17.1. The number of ketones is 1. The first-order valence-electron chi connectivity index (χ1n) is 6.68. The molecule has 0 rings (SSSR count). The molecule has 0 aromatic rings. The van der Waals surface area contributed by atoms with Gasteiger partial charge in [-0.2, -0.15) is 0 Å². The van der Waals surface area contributed by atoms with Crippen LogP contribution in [0.5, 0.6) is 0 Å². The smallest absolute Gasteiger partial charge is 0.305 e. The highest BCUT2D eigenvalue weighted by molar-refractivity contribution is 5.83. The van der Waals surface area contributed by atoms with Gasteiger partial charge in [-0.1, -0.05) is 20.8 Å². The van der Waals surface area contributed by atoms with Crippen LogP contribution in [-0.2, 0) is 14.3 Å². The van der Waals surface area contributed by atoms with Gasteiger partial charge in [-0.3, -0.25) is 9.59 Å². The van der Waals surface area contributed by atoms with Crippen molar-refractivity contribution in [3.05, 3.63) is 0 Å². The van der Waals surface area contributed by atoms with Crippen molar-refractivity contribution in [2.24, 2.45) is 11.8 Å². The molecule has 0 spiro atoms. The largest absolute Gasteiger partial charge is 0.469 e. The lowest BCUT2D eigenvalue weighted by molar-refractivity contribution is -0.141. The molecule has 106 valence electrons. The van der Waals surface area contributed by atoms with E-state index in [4.69, 9.17) is 0 Å². The quantitative estimate of drug-likeness (QED) is 0.645. The molecule has 0 aliphatic rings. The molecule has 18 heavy (non-hydrogen) atoms. The summed E-state index contributed by atoms with van der Waals surface area (Å²) in [5, 5.41) is 9.49. The summed E-state index contributed by atoms with van der Waals surface area (Å²) < 4.78 is 4.61. The van der Waals surface area contributed by atoms with E-state index in [0.717, 1.165) is 6.42 Å². The van der Waals surface area contributed by atoms with Crippen LogP contribution < -0.4 is 0 Å². The summed E-state index contributed by atoms with van der Waals surface area (Å²) in [4.78, 5) is 22.8. The minimum absolute atomic E-state index is 0.118. The van der Waals surface area contributed by atoms with E-state index in [1.807, 2.05) is 0 Å². The number of rotatable bonds is 9. The van der Waals surface area contributed by atoms with Crippen LogP contribution in [0.4, 0.5) is 0 Å². The highest BCUT2D eigenvalue weighted by Crippen LogP contribution is 2.22. The molecule has 0 aliphatic heterocycles. The van der Waals surface area contributed by atoms with E-state index in [1.165, 1.54) is 7.11 Å². The second-order valence-electron chi connectivity index (χ2n) is 5.20. The molecule has 4 nitrogen and oxygen atoms in total. The Morgan fingerprint density at radius 1 is 1.28 bits per heavy atom. The zero-order chi connectivity index (χ0) is 14.1. The second kappa shape index (κ2) is 9.09. The number of aliphatic hydroxyl groups is 1.